The Morgan fingerprint density at radius 3 is 2.35 bits per heavy atom. The van der Waals surface area contributed by atoms with Gasteiger partial charge in [-0.15, -0.1) is 0 Å². The van der Waals surface area contributed by atoms with E-state index in [1.807, 2.05) is 0 Å². The summed E-state index contributed by atoms with van der Waals surface area (Å²) in [6.45, 7) is 5.75. The summed E-state index contributed by atoms with van der Waals surface area (Å²) in [6.07, 6.45) is 0.861. The summed E-state index contributed by atoms with van der Waals surface area (Å²) < 4.78 is 13.1. The van der Waals surface area contributed by atoms with Gasteiger partial charge in [0.25, 0.3) is 5.91 Å². The van der Waals surface area contributed by atoms with Crippen molar-refractivity contribution in [2.75, 3.05) is 6.54 Å². The number of nitrogens with zero attached hydrogens (tertiary/aromatic N) is 1. The molecule has 1 aromatic carbocycles. The molecule has 1 amide bonds. The number of likely N-dealkylation sites (tertiary alicyclic amines) is 1. The highest BCUT2D eigenvalue weighted by Gasteiger charge is 2.36. The highest BCUT2D eigenvalue weighted by Crippen LogP contribution is 2.35. The number of benzene rings is 1. The third-order valence-corrected chi connectivity index (χ3v) is 4.54. The molecule has 1 aliphatic heterocycles. The Labute approximate surface area is 134 Å². The third-order valence-electron chi connectivity index (χ3n) is 4.54. The monoisotopic (exact) mass is 314 g/mol. The van der Waals surface area contributed by atoms with E-state index in [0.717, 1.165) is 12.0 Å². The predicted octanol–water partition coefficient (Wildman–Crippen LogP) is 3.56. The molecule has 3 rings (SSSR count). The number of ketones is 1. The molecule has 2 heterocycles. The van der Waals surface area contributed by atoms with Gasteiger partial charge in [0.05, 0.1) is 17.3 Å². The van der Waals surface area contributed by atoms with Crippen LogP contribution in [0.5, 0.6) is 0 Å². The topological polar surface area (TPSA) is 53.2 Å². The first kappa shape index (κ1) is 15.5. The quantitative estimate of drug-likeness (QED) is 0.881. The lowest BCUT2D eigenvalue weighted by Gasteiger charge is -2.41. The largest absolute Gasteiger partial charge is 0.355 e. The molecule has 1 atom stereocenters. The van der Waals surface area contributed by atoms with Gasteiger partial charge in [0.15, 0.2) is 5.78 Å². The number of rotatable bonds is 3. The van der Waals surface area contributed by atoms with Crippen LogP contribution in [0.2, 0.25) is 0 Å². The van der Waals surface area contributed by atoms with Crippen molar-refractivity contribution in [2.24, 2.45) is 0 Å². The Balaban J connectivity index is 1.89. The molecule has 23 heavy (non-hydrogen) atoms. The molecule has 120 valence electrons. The van der Waals surface area contributed by atoms with E-state index in [0.29, 0.717) is 29.1 Å². The van der Waals surface area contributed by atoms with Crippen molar-refractivity contribution >= 4 is 11.7 Å². The summed E-state index contributed by atoms with van der Waals surface area (Å²) >= 11 is 0. The Kier molecular flexibility index (Phi) is 3.80. The Hall–Kier alpha value is -2.43. The minimum atomic E-state index is -0.283. The number of carbonyl (C=O) groups excluding carboxylic acids is 2. The van der Waals surface area contributed by atoms with Crippen molar-refractivity contribution in [3.63, 3.8) is 0 Å². The first-order valence-electron chi connectivity index (χ1n) is 7.66. The summed E-state index contributed by atoms with van der Waals surface area (Å²) in [5.74, 6) is -0.443. The summed E-state index contributed by atoms with van der Waals surface area (Å²) in [5.41, 5.74) is 3.41. The van der Waals surface area contributed by atoms with Crippen LogP contribution in [0.15, 0.2) is 24.3 Å². The number of hydrogen-bond donors (Lipinski definition) is 1. The van der Waals surface area contributed by atoms with E-state index in [9.17, 15) is 14.0 Å². The second kappa shape index (κ2) is 5.65. The molecule has 1 unspecified atom stereocenters. The number of halogens is 1. The van der Waals surface area contributed by atoms with Crippen LogP contribution in [0.4, 0.5) is 4.39 Å². The van der Waals surface area contributed by atoms with E-state index in [1.165, 1.54) is 19.1 Å². The fraction of sp³-hybridized carbons (Fsp3) is 0.333. The number of carbonyl (C=O) groups is 2. The Morgan fingerprint density at radius 1 is 1.22 bits per heavy atom. The molecule has 0 saturated carbocycles. The Morgan fingerprint density at radius 2 is 1.87 bits per heavy atom. The zero-order chi connectivity index (χ0) is 16.7. The van der Waals surface area contributed by atoms with E-state index in [-0.39, 0.29) is 23.5 Å². The first-order chi connectivity index (χ1) is 10.9. The molecule has 1 aliphatic rings. The number of H-pyrrole nitrogens is 1. The molecule has 0 aliphatic carbocycles. The van der Waals surface area contributed by atoms with Crippen LogP contribution < -0.4 is 0 Å². The van der Waals surface area contributed by atoms with Gasteiger partial charge < -0.3 is 9.88 Å². The smallest absolute Gasteiger partial charge is 0.256 e. The van der Waals surface area contributed by atoms with Gasteiger partial charge in [0.1, 0.15) is 5.82 Å². The zero-order valence-electron chi connectivity index (χ0n) is 13.4. The van der Waals surface area contributed by atoms with Crippen LogP contribution in [0.3, 0.4) is 0 Å². The molecule has 4 nitrogen and oxygen atoms in total. The van der Waals surface area contributed by atoms with Gasteiger partial charge in [0, 0.05) is 19.2 Å². The van der Waals surface area contributed by atoms with E-state index < -0.39 is 0 Å². The third kappa shape index (κ3) is 2.56. The van der Waals surface area contributed by atoms with E-state index in [1.54, 1.807) is 30.9 Å². The summed E-state index contributed by atoms with van der Waals surface area (Å²) in [6, 6.07) is 6.24. The van der Waals surface area contributed by atoms with E-state index in [4.69, 9.17) is 0 Å². The molecule has 1 N–H and O–H groups in total. The maximum Gasteiger partial charge on any atom is 0.256 e. The number of amides is 1. The van der Waals surface area contributed by atoms with Crippen LogP contribution in [-0.4, -0.2) is 28.1 Å². The predicted molar refractivity (Wildman–Crippen MR) is 85.1 cm³/mol. The minimum Gasteiger partial charge on any atom is -0.355 e. The van der Waals surface area contributed by atoms with Crippen LogP contribution >= 0.6 is 0 Å². The van der Waals surface area contributed by atoms with Crippen molar-refractivity contribution in [2.45, 2.75) is 33.2 Å². The molecule has 2 aromatic rings. The van der Waals surface area contributed by atoms with Crippen molar-refractivity contribution in [3.05, 3.63) is 58.2 Å². The molecular formula is C18H19FN2O2. The minimum absolute atomic E-state index is 0.0300. The SMILES string of the molecule is CC(=O)c1[nH]c(C)c(C(=O)N2CCC2c2ccc(F)cc2)c1C. The standard InChI is InChI=1S/C18H19FN2O2/c1-10-16(11(2)20-17(10)12(3)22)18(23)21-9-8-15(21)13-4-6-14(19)7-5-13/h4-7,15,20H,8-9H2,1-3H3. The summed E-state index contributed by atoms with van der Waals surface area (Å²) in [7, 11) is 0. The second-order valence-electron chi connectivity index (χ2n) is 6.04. The fourth-order valence-corrected chi connectivity index (χ4v) is 3.23. The zero-order valence-corrected chi connectivity index (χ0v) is 13.4. The highest BCUT2D eigenvalue weighted by molar-refractivity contribution is 6.02. The highest BCUT2D eigenvalue weighted by atomic mass is 19.1. The van der Waals surface area contributed by atoms with Gasteiger partial charge in [-0.05, 0) is 43.5 Å². The van der Waals surface area contributed by atoms with E-state index >= 15 is 0 Å². The average Bonchev–Trinajstić information content (AvgIpc) is 2.75. The molecule has 1 aromatic heterocycles. The van der Waals surface area contributed by atoms with Gasteiger partial charge in [-0.1, -0.05) is 12.1 Å². The van der Waals surface area contributed by atoms with Gasteiger partial charge >= 0.3 is 0 Å². The van der Waals surface area contributed by atoms with Crippen molar-refractivity contribution in [1.82, 2.24) is 9.88 Å². The molecule has 0 spiro atoms. The maximum atomic E-state index is 13.1. The van der Waals surface area contributed by atoms with Crippen molar-refractivity contribution in [1.29, 1.82) is 0 Å². The lowest BCUT2D eigenvalue weighted by Crippen LogP contribution is -2.45. The lowest BCUT2D eigenvalue weighted by atomic mass is 9.93. The molecule has 0 bridgehead atoms. The van der Waals surface area contributed by atoms with Crippen LogP contribution in [0, 0.1) is 19.7 Å². The van der Waals surface area contributed by atoms with Crippen LogP contribution in [0.1, 0.15) is 57.1 Å². The van der Waals surface area contributed by atoms with Gasteiger partial charge in [-0.3, -0.25) is 9.59 Å². The van der Waals surface area contributed by atoms with Crippen molar-refractivity contribution in [3.8, 4) is 0 Å². The number of aromatic nitrogens is 1. The number of hydrogen-bond acceptors (Lipinski definition) is 2. The molecule has 1 saturated heterocycles. The summed E-state index contributed by atoms with van der Waals surface area (Å²) in [4.78, 5) is 29.3. The molecule has 0 radical (unpaired) electrons. The number of aromatic amines is 1. The molecular weight excluding hydrogens is 295 g/mol. The fourth-order valence-electron chi connectivity index (χ4n) is 3.23. The number of Topliss-reactive ketones (excluding diaryl/α,β-unsaturated/α-hetero) is 1. The average molecular weight is 314 g/mol. The molecule has 1 fully saturated rings. The summed E-state index contributed by atoms with van der Waals surface area (Å²) in [5, 5.41) is 0. The number of aryl methyl sites for hydroxylation is 1. The van der Waals surface area contributed by atoms with Crippen LogP contribution in [-0.2, 0) is 0 Å². The van der Waals surface area contributed by atoms with Crippen LogP contribution in [0.25, 0.3) is 0 Å². The second-order valence-corrected chi connectivity index (χ2v) is 6.04. The normalized spacial score (nSPS) is 17.0. The van der Waals surface area contributed by atoms with Gasteiger partial charge in [-0.2, -0.15) is 0 Å². The first-order valence-corrected chi connectivity index (χ1v) is 7.66. The maximum absolute atomic E-state index is 13.1. The number of nitrogens with one attached hydrogen (secondary N) is 1. The van der Waals surface area contributed by atoms with Crippen molar-refractivity contribution < 1.29 is 14.0 Å². The Bertz CT molecular complexity index is 777. The lowest BCUT2D eigenvalue weighted by molar-refractivity contribution is 0.0459. The van der Waals surface area contributed by atoms with Gasteiger partial charge in [-0.25, -0.2) is 4.39 Å². The van der Waals surface area contributed by atoms with E-state index in [2.05, 4.69) is 4.98 Å². The molecule has 5 heteroatoms. The van der Waals surface area contributed by atoms with Gasteiger partial charge in [0.2, 0.25) is 0 Å².